The fraction of sp³-hybridized carbons (Fsp3) is 0.316. The average Bonchev–Trinajstić information content (AvgIpc) is 2.66. The summed E-state index contributed by atoms with van der Waals surface area (Å²) in [5.74, 6) is 0.489. The maximum absolute atomic E-state index is 13.0. The molecule has 12 heteroatoms. The topological polar surface area (TPSA) is 66.5 Å². The van der Waals surface area contributed by atoms with Crippen LogP contribution in [0.25, 0.3) is 0 Å². The highest BCUT2D eigenvalue weighted by Gasteiger charge is 2.33. The molecule has 0 spiro atoms. The van der Waals surface area contributed by atoms with Crippen molar-refractivity contribution in [3.8, 4) is 0 Å². The Labute approximate surface area is 193 Å². The molecule has 1 N–H and O–H groups in total. The van der Waals surface area contributed by atoms with E-state index in [1.807, 2.05) is 18.2 Å². The highest BCUT2D eigenvalue weighted by Crippen LogP contribution is 2.36. The fourth-order valence-corrected chi connectivity index (χ4v) is 4.78. The predicted octanol–water partition coefficient (Wildman–Crippen LogP) is 4.83. The first-order chi connectivity index (χ1) is 14.4. The largest absolute Gasteiger partial charge is 0.416 e. The number of benzene rings is 2. The Hall–Kier alpha value is -1.62. The lowest BCUT2D eigenvalue weighted by Crippen LogP contribution is -2.41. The number of sulfonamides is 1. The highest BCUT2D eigenvalue weighted by atomic mass is 35.5. The number of nitrogens with zero attached hydrogens (tertiary/aromatic N) is 1. The zero-order valence-electron chi connectivity index (χ0n) is 16.2. The maximum Gasteiger partial charge on any atom is 0.416 e. The van der Waals surface area contributed by atoms with E-state index in [1.54, 1.807) is 6.07 Å². The van der Waals surface area contributed by atoms with Gasteiger partial charge in [0, 0.05) is 23.1 Å². The molecule has 0 atom stereocenters. The second-order valence-corrected chi connectivity index (χ2v) is 10.3. The number of alkyl halides is 3. The molecule has 1 amide bonds. The molecule has 0 aliphatic heterocycles. The lowest BCUT2D eigenvalue weighted by atomic mass is 10.2. The Balaban J connectivity index is 1.99. The molecule has 0 unspecified atom stereocenters. The molecule has 0 aliphatic rings. The Kier molecular flexibility index (Phi) is 8.93. The average molecular weight is 515 g/mol. The Morgan fingerprint density at radius 3 is 2.42 bits per heavy atom. The zero-order chi connectivity index (χ0) is 23.2. The summed E-state index contributed by atoms with van der Waals surface area (Å²) < 4.78 is 63.8. The van der Waals surface area contributed by atoms with Crippen LogP contribution in [0.3, 0.4) is 0 Å². The molecule has 0 saturated heterocycles. The van der Waals surface area contributed by atoms with Crippen molar-refractivity contribution in [3.63, 3.8) is 0 Å². The van der Waals surface area contributed by atoms with Crippen LogP contribution in [0.2, 0.25) is 10.0 Å². The number of halogens is 5. The molecule has 0 saturated carbocycles. The summed E-state index contributed by atoms with van der Waals surface area (Å²) in [5, 5.41) is 2.97. The minimum atomic E-state index is -4.69. The number of amides is 1. The van der Waals surface area contributed by atoms with Gasteiger partial charge in [0.25, 0.3) is 0 Å². The van der Waals surface area contributed by atoms with E-state index < -0.39 is 39.9 Å². The number of nitrogens with one attached hydrogen (secondary N) is 1. The Morgan fingerprint density at radius 2 is 1.81 bits per heavy atom. The number of rotatable bonds is 9. The molecule has 31 heavy (non-hydrogen) atoms. The number of thioether (sulfide) groups is 1. The van der Waals surface area contributed by atoms with E-state index in [2.05, 4.69) is 5.32 Å². The van der Waals surface area contributed by atoms with Gasteiger partial charge in [0.2, 0.25) is 15.9 Å². The van der Waals surface area contributed by atoms with E-state index in [0.717, 1.165) is 24.0 Å². The molecule has 0 heterocycles. The van der Waals surface area contributed by atoms with Gasteiger partial charge in [0.05, 0.1) is 22.5 Å². The molecule has 5 nitrogen and oxygen atoms in total. The normalized spacial score (nSPS) is 11.9. The van der Waals surface area contributed by atoms with Gasteiger partial charge in [-0.05, 0) is 29.8 Å². The van der Waals surface area contributed by atoms with Crippen molar-refractivity contribution >= 4 is 56.6 Å². The van der Waals surface area contributed by atoms with Gasteiger partial charge in [-0.2, -0.15) is 24.9 Å². The lowest BCUT2D eigenvalue weighted by molar-refractivity contribution is -0.137. The molecule has 0 aromatic heterocycles. The molecule has 2 aromatic rings. The van der Waals surface area contributed by atoms with Crippen LogP contribution in [0.5, 0.6) is 0 Å². The number of hydrogen-bond donors (Lipinski definition) is 1. The van der Waals surface area contributed by atoms with Gasteiger partial charge in [-0.15, -0.1) is 0 Å². The molecule has 2 aromatic carbocycles. The van der Waals surface area contributed by atoms with E-state index in [9.17, 15) is 26.4 Å². The van der Waals surface area contributed by atoms with Crippen LogP contribution in [-0.4, -0.2) is 39.4 Å². The number of carbonyl (C=O) groups is 1. The van der Waals surface area contributed by atoms with Crippen molar-refractivity contribution in [1.82, 2.24) is 5.32 Å². The molecule has 0 fully saturated rings. The van der Waals surface area contributed by atoms with Gasteiger partial charge in [0.1, 0.15) is 6.54 Å². The van der Waals surface area contributed by atoms with Gasteiger partial charge in [-0.1, -0.05) is 41.4 Å². The smallest absolute Gasteiger partial charge is 0.354 e. The van der Waals surface area contributed by atoms with Crippen LogP contribution in [0, 0.1) is 0 Å². The van der Waals surface area contributed by atoms with Crippen molar-refractivity contribution in [2.75, 3.05) is 29.4 Å². The van der Waals surface area contributed by atoms with Crippen LogP contribution >= 0.6 is 35.0 Å². The summed E-state index contributed by atoms with van der Waals surface area (Å²) in [4.78, 5) is 12.2. The summed E-state index contributed by atoms with van der Waals surface area (Å²) >= 11 is 13.5. The van der Waals surface area contributed by atoms with Crippen LogP contribution in [0.1, 0.15) is 11.1 Å². The third-order valence-corrected chi connectivity index (χ3v) is 6.84. The molecule has 0 bridgehead atoms. The third-order valence-electron chi connectivity index (χ3n) is 4.01. The van der Waals surface area contributed by atoms with Crippen molar-refractivity contribution in [2.24, 2.45) is 0 Å². The molecule has 0 aliphatic carbocycles. The van der Waals surface area contributed by atoms with Gasteiger partial charge in [-0.3, -0.25) is 9.10 Å². The zero-order valence-corrected chi connectivity index (χ0v) is 19.4. The molecular weight excluding hydrogens is 496 g/mol. The summed E-state index contributed by atoms with van der Waals surface area (Å²) in [5.41, 5.74) is -0.540. The highest BCUT2D eigenvalue weighted by molar-refractivity contribution is 7.98. The number of carbonyl (C=O) groups excluding carboxylic acids is 1. The summed E-state index contributed by atoms with van der Waals surface area (Å²) in [7, 11) is -4.07. The Morgan fingerprint density at radius 1 is 1.13 bits per heavy atom. The van der Waals surface area contributed by atoms with Crippen LogP contribution in [-0.2, 0) is 26.7 Å². The van der Waals surface area contributed by atoms with Crippen molar-refractivity contribution in [3.05, 3.63) is 63.6 Å². The summed E-state index contributed by atoms with van der Waals surface area (Å²) in [6, 6.07) is 9.64. The van der Waals surface area contributed by atoms with Gasteiger partial charge < -0.3 is 5.32 Å². The van der Waals surface area contributed by atoms with E-state index >= 15 is 0 Å². The SMILES string of the molecule is CS(=O)(=O)N(CC(=O)NCCSCc1ccccc1Cl)c1cc(C(F)(F)F)ccc1Cl. The van der Waals surface area contributed by atoms with Crippen LogP contribution in [0.15, 0.2) is 42.5 Å². The maximum atomic E-state index is 13.0. The first-order valence-corrected chi connectivity index (χ1v) is 12.6. The third kappa shape index (κ3) is 7.78. The van der Waals surface area contributed by atoms with Gasteiger partial charge in [0.15, 0.2) is 0 Å². The summed E-state index contributed by atoms with van der Waals surface area (Å²) in [6.07, 6.45) is -3.90. The van der Waals surface area contributed by atoms with Crippen LogP contribution in [0.4, 0.5) is 18.9 Å². The monoisotopic (exact) mass is 514 g/mol. The molecule has 2 rings (SSSR count). The first kappa shape index (κ1) is 25.6. The minimum absolute atomic E-state index is 0.221. The van der Waals surface area contributed by atoms with Gasteiger partial charge >= 0.3 is 6.18 Å². The van der Waals surface area contributed by atoms with Crippen molar-refractivity contribution in [1.29, 1.82) is 0 Å². The number of hydrogen-bond acceptors (Lipinski definition) is 4. The van der Waals surface area contributed by atoms with Gasteiger partial charge in [-0.25, -0.2) is 8.42 Å². The van der Waals surface area contributed by atoms with E-state index in [0.29, 0.717) is 26.9 Å². The van der Waals surface area contributed by atoms with E-state index in [4.69, 9.17) is 23.2 Å². The lowest BCUT2D eigenvalue weighted by Gasteiger charge is -2.24. The number of anilines is 1. The fourth-order valence-electron chi connectivity index (χ4n) is 2.51. The summed E-state index contributed by atoms with van der Waals surface area (Å²) in [6.45, 7) is -0.461. The molecular formula is C19H19Cl2F3N2O3S2. The second kappa shape index (κ2) is 10.8. The van der Waals surface area contributed by atoms with Crippen molar-refractivity contribution in [2.45, 2.75) is 11.9 Å². The Bertz CT molecular complexity index is 1030. The molecule has 0 radical (unpaired) electrons. The van der Waals surface area contributed by atoms with Crippen molar-refractivity contribution < 1.29 is 26.4 Å². The van der Waals surface area contributed by atoms with Crippen LogP contribution < -0.4 is 9.62 Å². The quantitative estimate of drug-likeness (QED) is 0.486. The predicted molar refractivity (Wildman–Crippen MR) is 119 cm³/mol. The minimum Gasteiger partial charge on any atom is -0.354 e. The van der Waals surface area contributed by atoms with E-state index in [-0.39, 0.29) is 11.6 Å². The standard InChI is InChI=1S/C19H19Cl2F3N2O3S2/c1-31(28,29)26(17-10-14(19(22,23)24)6-7-16(17)21)11-18(27)25-8-9-30-12-13-4-2-3-5-15(13)20/h2-7,10H,8-9,11-12H2,1H3,(H,25,27). The second-order valence-electron chi connectivity index (χ2n) is 6.43. The van der Waals surface area contributed by atoms with E-state index in [1.165, 1.54) is 11.8 Å². The first-order valence-electron chi connectivity index (χ1n) is 8.82. The molecule has 170 valence electrons.